The highest BCUT2D eigenvalue weighted by atomic mass is 16.3. The number of aliphatic imine (C=N–C) groups is 2. The number of amides is 3. The smallest absolute Gasteiger partial charge is 0.322 e. The number of urea groups is 1. The van der Waals surface area contributed by atoms with E-state index in [4.69, 9.17) is 4.42 Å². The molecule has 3 rings (SSSR count). The molecule has 31 heavy (non-hydrogen) atoms. The molecule has 1 aliphatic heterocycles. The number of H-pyrrole nitrogens is 1. The molecule has 0 spiro atoms. The average Bonchev–Trinajstić information content (AvgIpc) is 3.50. The maximum atomic E-state index is 11.7. The largest absolute Gasteiger partial charge is 0.459 e. The summed E-state index contributed by atoms with van der Waals surface area (Å²) in [5.74, 6) is 1.80. The van der Waals surface area contributed by atoms with E-state index in [9.17, 15) is 9.59 Å². The summed E-state index contributed by atoms with van der Waals surface area (Å²) >= 11 is 0. The van der Waals surface area contributed by atoms with Gasteiger partial charge in [0.2, 0.25) is 0 Å². The number of hydrogen-bond acceptors (Lipinski definition) is 6. The van der Waals surface area contributed by atoms with Crippen LogP contribution >= 0.6 is 0 Å². The third kappa shape index (κ3) is 5.78. The van der Waals surface area contributed by atoms with Crippen molar-refractivity contribution in [2.24, 2.45) is 9.98 Å². The monoisotopic (exact) mass is 423 g/mol. The summed E-state index contributed by atoms with van der Waals surface area (Å²) in [5.41, 5.74) is 1.05. The summed E-state index contributed by atoms with van der Waals surface area (Å²) in [6.07, 6.45) is 11.7. The van der Waals surface area contributed by atoms with E-state index in [1.54, 1.807) is 37.5 Å². The zero-order valence-electron chi connectivity index (χ0n) is 17.5. The molecule has 2 aromatic rings. The number of carbonyl (C=O) groups is 2. The van der Waals surface area contributed by atoms with Crippen LogP contribution in [0.15, 0.2) is 56.9 Å². The molecular weight excluding hydrogens is 398 g/mol. The Bertz CT molecular complexity index is 1030. The van der Waals surface area contributed by atoms with E-state index in [1.807, 2.05) is 32.3 Å². The zero-order valence-corrected chi connectivity index (χ0v) is 17.5. The van der Waals surface area contributed by atoms with Gasteiger partial charge in [0.05, 0.1) is 6.20 Å². The Morgan fingerprint density at radius 1 is 1.39 bits per heavy atom. The van der Waals surface area contributed by atoms with Crippen LogP contribution in [0.25, 0.3) is 6.08 Å². The lowest BCUT2D eigenvalue weighted by Crippen LogP contribution is -2.22. The zero-order chi connectivity index (χ0) is 22.2. The highest BCUT2D eigenvalue weighted by Gasteiger charge is 2.33. The van der Waals surface area contributed by atoms with Crippen LogP contribution in [0.3, 0.4) is 0 Å². The highest BCUT2D eigenvalue weighted by Crippen LogP contribution is 2.20. The lowest BCUT2D eigenvalue weighted by molar-refractivity contribution is -0.120. The number of nitrogens with one attached hydrogen (secondary N) is 4. The SMILES string of the molecule is CC/C=C(\N=C/C(C)c1cn[nH]c1)NC(/C=C\c1ccc(C2NC(=O)NC2=O)o1)=NC. The van der Waals surface area contributed by atoms with Gasteiger partial charge in [-0.1, -0.05) is 13.8 Å². The second-order valence-electron chi connectivity index (χ2n) is 6.80. The van der Waals surface area contributed by atoms with Crippen LogP contribution in [0, 0.1) is 0 Å². The van der Waals surface area contributed by atoms with Crippen molar-refractivity contribution in [1.82, 2.24) is 26.1 Å². The summed E-state index contributed by atoms with van der Waals surface area (Å²) in [5, 5.41) is 14.6. The molecular formula is C21H25N7O3. The molecule has 2 aromatic heterocycles. The summed E-state index contributed by atoms with van der Waals surface area (Å²) in [6.45, 7) is 4.06. The normalized spacial score (nSPS) is 18.6. The van der Waals surface area contributed by atoms with Crippen molar-refractivity contribution in [2.75, 3.05) is 7.05 Å². The number of aromatic nitrogens is 2. The molecule has 162 valence electrons. The summed E-state index contributed by atoms with van der Waals surface area (Å²) < 4.78 is 5.66. The van der Waals surface area contributed by atoms with E-state index in [1.165, 1.54) is 0 Å². The van der Waals surface area contributed by atoms with Crippen molar-refractivity contribution in [3.05, 3.63) is 59.6 Å². The Morgan fingerprint density at radius 2 is 2.23 bits per heavy atom. The first-order valence-electron chi connectivity index (χ1n) is 9.86. The minimum Gasteiger partial charge on any atom is -0.459 e. The van der Waals surface area contributed by atoms with Gasteiger partial charge in [-0.3, -0.25) is 20.2 Å². The topological polar surface area (TPSA) is 137 Å². The third-order valence-electron chi connectivity index (χ3n) is 4.49. The van der Waals surface area contributed by atoms with Gasteiger partial charge in [0, 0.05) is 25.4 Å². The van der Waals surface area contributed by atoms with Crippen molar-refractivity contribution in [3.8, 4) is 0 Å². The quantitative estimate of drug-likeness (QED) is 0.294. The van der Waals surface area contributed by atoms with Gasteiger partial charge in [-0.2, -0.15) is 5.10 Å². The fraction of sp³-hybridized carbons (Fsp3) is 0.286. The first-order chi connectivity index (χ1) is 15.0. The number of carbonyl (C=O) groups excluding carboxylic acids is 2. The Balaban J connectivity index is 1.64. The van der Waals surface area contributed by atoms with Gasteiger partial charge in [-0.05, 0) is 42.3 Å². The van der Waals surface area contributed by atoms with Gasteiger partial charge in [0.25, 0.3) is 5.91 Å². The van der Waals surface area contributed by atoms with Crippen molar-refractivity contribution in [2.45, 2.75) is 32.2 Å². The molecule has 2 atom stereocenters. The molecule has 10 heteroatoms. The van der Waals surface area contributed by atoms with Gasteiger partial charge in [0.15, 0.2) is 6.04 Å². The minimum atomic E-state index is -0.822. The number of imide groups is 1. The molecule has 1 fully saturated rings. The lowest BCUT2D eigenvalue weighted by Gasteiger charge is -2.07. The Kier molecular flexibility index (Phi) is 7.15. The molecule has 10 nitrogen and oxygen atoms in total. The molecule has 0 aromatic carbocycles. The number of rotatable bonds is 8. The Morgan fingerprint density at radius 3 is 2.87 bits per heavy atom. The van der Waals surface area contributed by atoms with Crippen LogP contribution in [-0.2, 0) is 4.79 Å². The fourth-order valence-electron chi connectivity index (χ4n) is 2.81. The number of furan rings is 1. The number of amidine groups is 1. The molecule has 0 saturated carbocycles. The predicted molar refractivity (Wildman–Crippen MR) is 118 cm³/mol. The van der Waals surface area contributed by atoms with Crippen LogP contribution in [-0.4, -0.2) is 41.2 Å². The Labute approximate surface area is 179 Å². The fourth-order valence-corrected chi connectivity index (χ4v) is 2.81. The maximum absolute atomic E-state index is 11.7. The molecule has 1 aliphatic rings. The third-order valence-corrected chi connectivity index (χ3v) is 4.49. The van der Waals surface area contributed by atoms with E-state index in [0.29, 0.717) is 23.2 Å². The van der Waals surface area contributed by atoms with Crippen LogP contribution in [0.5, 0.6) is 0 Å². The van der Waals surface area contributed by atoms with E-state index in [2.05, 4.69) is 36.1 Å². The van der Waals surface area contributed by atoms with Crippen molar-refractivity contribution in [3.63, 3.8) is 0 Å². The predicted octanol–water partition coefficient (Wildman–Crippen LogP) is 2.64. The minimum absolute atomic E-state index is 0.105. The Hall–Kier alpha value is -3.95. The van der Waals surface area contributed by atoms with Crippen LogP contribution < -0.4 is 16.0 Å². The standard InChI is InChI=1S/C21H25N7O3/c1-4-5-18(23-10-13(2)14-11-24-25-12-14)26-17(22-3)9-7-15-6-8-16(31-15)19-20(29)28-21(30)27-19/h5-13,19H,4H2,1-3H3,(H,22,26)(H,24,25)(H2,27,28,29,30)/b9-7-,18-5+,23-10-. The second kappa shape index (κ2) is 10.2. The lowest BCUT2D eigenvalue weighted by atomic mass is 10.1. The van der Waals surface area contributed by atoms with E-state index >= 15 is 0 Å². The summed E-state index contributed by atoms with van der Waals surface area (Å²) in [4.78, 5) is 31.8. The van der Waals surface area contributed by atoms with Crippen LogP contribution in [0.1, 0.15) is 49.3 Å². The second-order valence-corrected chi connectivity index (χ2v) is 6.80. The molecule has 0 radical (unpaired) electrons. The van der Waals surface area contributed by atoms with E-state index in [0.717, 1.165) is 12.0 Å². The van der Waals surface area contributed by atoms with E-state index < -0.39 is 18.0 Å². The number of hydrogen-bond donors (Lipinski definition) is 4. The molecule has 2 unspecified atom stereocenters. The van der Waals surface area contributed by atoms with Crippen molar-refractivity contribution < 1.29 is 14.0 Å². The highest BCUT2D eigenvalue weighted by molar-refractivity contribution is 6.04. The van der Waals surface area contributed by atoms with Gasteiger partial charge in [-0.25, -0.2) is 9.79 Å². The molecule has 3 heterocycles. The van der Waals surface area contributed by atoms with Gasteiger partial charge >= 0.3 is 6.03 Å². The maximum Gasteiger partial charge on any atom is 0.322 e. The first kappa shape index (κ1) is 21.8. The van der Waals surface area contributed by atoms with Gasteiger partial charge < -0.3 is 15.1 Å². The molecule has 0 aliphatic carbocycles. The van der Waals surface area contributed by atoms with Gasteiger partial charge in [0.1, 0.15) is 23.2 Å². The number of nitrogens with zero attached hydrogens (tertiary/aromatic N) is 3. The first-order valence-corrected chi connectivity index (χ1v) is 9.86. The molecule has 3 amide bonds. The average molecular weight is 423 g/mol. The van der Waals surface area contributed by atoms with Gasteiger partial charge in [-0.15, -0.1) is 0 Å². The molecule has 1 saturated heterocycles. The van der Waals surface area contributed by atoms with Crippen LogP contribution in [0.2, 0.25) is 0 Å². The number of aromatic amines is 1. The molecule has 0 bridgehead atoms. The van der Waals surface area contributed by atoms with Crippen molar-refractivity contribution in [1.29, 1.82) is 0 Å². The summed E-state index contributed by atoms with van der Waals surface area (Å²) in [6, 6.07) is 2.00. The molecule has 4 N–H and O–H groups in total. The van der Waals surface area contributed by atoms with E-state index in [-0.39, 0.29) is 5.92 Å². The number of allylic oxidation sites excluding steroid dienone is 1. The summed E-state index contributed by atoms with van der Waals surface area (Å²) in [7, 11) is 1.67. The van der Waals surface area contributed by atoms with Crippen molar-refractivity contribution >= 4 is 30.1 Å². The van der Waals surface area contributed by atoms with Crippen LogP contribution in [0.4, 0.5) is 4.79 Å².